The molecule has 3 heterocycles. The Morgan fingerprint density at radius 1 is 1.24 bits per heavy atom. The van der Waals surface area contributed by atoms with Gasteiger partial charge in [-0.3, -0.25) is 0 Å². The lowest BCUT2D eigenvalue weighted by Crippen LogP contribution is -2.08. The molecule has 0 fully saturated rings. The number of aryl methyl sites for hydroxylation is 1. The third-order valence-corrected chi connectivity index (χ3v) is 3.83. The van der Waals surface area contributed by atoms with Gasteiger partial charge in [0.1, 0.15) is 5.52 Å². The van der Waals surface area contributed by atoms with Gasteiger partial charge < -0.3 is 15.6 Å². The summed E-state index contributed by atoms with van der Waals surface area (Å²) in [7, 11) is 0. The smallest absolute Gasteiger partial charge is 0.226 e. The highest BCUT2D eigenvalue weighted by atomic mass is 32.1. The van der Waals surface area contributed by atoms with E-state index in [1.807, 2.05) is 13.1 Å². The number of hydrogen-bond acceptors (Lipinski definition) is 7. The summed E-state index contributed by atoms with van der Waals surface area (Å²) in [6.45, 7) is 5.62. The Bertz CT molecular complexity index is 733. The molecule has 3 N–H and O–H groups in total. The predicted molar refractivity (Wildman–Crippen MR) is 84.6 cm³/mol. The van der Waals surface area contributed by atoms with Crippen LogP contribution in [0.4, 0.5) is 11.8 Å². The molecule has 0 spiro atoms. The second-order valence-corrected chi connectivity index (χ2v) is 5.94. The summed E-state index contributed by atoms with van der Waals surface area (Å²) in [5, 5.41) is 7.58. The van der Waals surface area contributed by atoms with E-state index in [0.29, 0.717) is 18.1 Å². The van der Waals surface area contributed by atoms with Gasteiger partial charge in [-0.25, -0.2) is 9.97 Å². The lowest BCUT2D eigenvalue weighted by atomic mass is 10.4. The lowest BCUT2D eigenvalue weighted by molar-refractivity contribution is 0.954. The van der Waals surface area contributed by atoms with Crippen molar-refractivity contribution in [3.8, 4) is 0 Å². The van der Waals surface area contributed by atoms with E-state index < -0.39 is 0 Å². The van der Waals surface area contributed by atoms with Crippen LogP contribution in [0, 0.1) is 6.92 Å². The van der Waals surface area contributed by atoms with E-state index in [1.165, 1.54) is 4.88 Å². The van der Waals surface area contributed by atoms with E-state index in [9.17, 15) is 0 Å². The number of imidazole rings is 1. The van der Waals surface area contributed by atoms with Crippen LogP contribution in [0.15, 0.2) is 12.5 Å². The highest BCUT2D eigenvalue weighted by molar-refractivity contribution is 7.11. The summed E-state index contributed by atoms with van der Waals surface area (Å²) in [6, 6.07) is 0. The Hall–Kier alpha value is -2.22. The molecule has 0 atom stereocenters. The van der Waals surface area contributed by atoms with Crippen molar-refractivity contribution in [2.45, 2.75) is 26.8 Å². The molecular weight excluding hydrogens is 286 g/mol. The zero-order valence-corrected chi connectivity index (χ0v) is 12.8. The number of anilines is 2. The zero-order chi connectivity index (χ0) is 14.7. The number of fused-ring (bicyclic) bond motifs is 1. The van der Waals surface area contributed by atoms with Crippen LogP contribution in [-0.2, 0) is 6.54 Å². The zero-order valence-electron chi connectivity index (χ0n) is 12.0. The van der Waals surface area contributed by atoms with Crippen molar-refractivity contribution in [3.05, 3.63) is 22.4 Å². The minimum absolute atomic E-state index is 0.597. The third-order valence-electron chi connectivity index (χ3n) is 2.92. The monoisotopic (exact) mass is 303 g/mol. The molecule has 7 nitrogen and oxygen atoms in total. The van der Waals surface area contributed by atoms with E-state index in [4.69, 9.17) is 0 Å². The van der Waals surface area contributed by atoms with Crippen LogP contribution in [0.25, 0.3) is 11.2 Å². The van der Waals surface area contributed by atoms with Gasteiger partial charge in [-0.2, -0.15) is 9.97 Å². The Morgan fingerprint density at radius 3 is 2.90 bits per heavy atom. The molecule has 0 bridgehead atoms. The van der Waals surface area contributed by atoms with Gasteiger partial charge in [0.05, 0.1) is 17.9 Å². The number of rotatable bonds is 6. The summed E-state index contributed by atoms with van der Waals surface area (Å²) in [5.74, 6) is 1.35. The standard InChI is InChI=1S/C13H17N7S/c1-3-4-14-13-19-11(10-12(20-13)18-7-17-10)16-6-9-5-15-8(2)21-9/h5,7H,3-4,6H2,1-2H3,(H3,14,16,17,18,19,20). The minimum atomic E-state index is 0.597. The van der Waals surface area contributed by atoms with Crippen LogP contribution >= 0.6 is 11.3 Å². The summed E-state index contributed by atoms with van der Waals surface area (Å²) >= 11 is 1.67. The minimum Gasteiger partial charge on any atom is -0.363 e. The van der Waals surface area contributed by atoms with Crippen molar-refractivity contribution in [2.24, 2.45) is 0 Å². The number of nitrogens with one attached hydrogen (secondary N) is 3. The first kappa shape index (κ1) is 13.7. The lowest BCUT2D eigenvalue weighted by Gasteiger charge is -2.08. The average molecular weight is 303 g/mol. The van der Waals surface area contributed by atoms with Gasteiger partial charge >= 0.3 is 0 Å². The first-order valence-corrected chi connectivity index (χ1v) is 7.68. The maximum absolute atomic E-state index is 4.51. The number of aromatic amines is 1. The highest BCUT2D eigenvalue weighted by Crippen LogP contribution is 2.20. The summed E-state index contributed by atoms with van der Waals surface area (Å²) < 4.78 is 0. The van der Waals surface area contributed by atoms with Crippen molar-refractivity contribution in [1.82, 2.24) is 24.9 Å². The second kappa shape index (κ2) is 6.04. The fourth-order valence-corrected chi connectivity index (χ4v) is 2.67. The van der Waals surface area contributed by atoms with Crippen LogP contribution in [-0.4, -0.2) is 31.5 Å². The maximum Gasteiger partial charge on any atom is 0.226 e. The fraction of sp³-hybridized carbons (Fsp3) is 0.385. The van der Waals surface area contributed by atoms with Gasteiger partial charge in [-0.1, -0.05) is 6.92 Å². The SMILES string of the molecule is CCCNc1nc(NCc2cnc(C)s2)c2[nH]cnc2n1. The Balaban J connectivity index is 1.83. The molecule has 0 saturated heterocycles. The van der Waals surface area contributed by atoms with Gasteiger partial charge in [-0.05, 0) is 13.3 Å². The van der Waals surface area contributed by atoms with Gasteiger partial charge in [0.15, 0.2) is 11.5 Å². The Labute approximate surface area is 126 Å². The van der Waals surface area contributed by atoms with Crippen molar-refractivity contribution >= 4 is 34.3 Å². The molecule has 0 aromatic carbocycles. The molecule has 0 unspecified atom stereocenters. The number of nitrogens with zero attached hydrogens (tertiary/aromatic N) is 4. The molecule has 3 aromatic rings. The number of thiazole rings is 1. The molecule has 0 aliphatic heterocycles. The second-order valence-electron chi connectivity index (χ2n) is 4.62. The van der Waals surface area contributed by atoms with Crippen LogP contribution in [0.5, 0.6) is 0 Å². The third kappa shape index (κ3) is 3.10. The van der Waals surface area contributed by atoms with Gasteiger partial charge in [0.2, 0.25) is 5.95 Å². The van der Waals surface area contributed by atoms with Crippen LogP contribution in [0.2, 0.25) is 0 Å². The predicted octanol–water partition coefficient (Wildman–Crippen LogP) is 2.55. The summed E-state index contributed by atoms with van der Waals surface area (Å²) in [5.41, 5.74) is 1.48. The van der Waals surface area contributed by atoms with Crippen molar-refractivity contribution in [1.29, 1.82) is 0 Å². The molecule has 3 rings (SSSR count). The van der Waals surface area contributed by atoms with Gasteiger partial charge in [0, 0.05) is 17.6 Å². The molecule has 3 aromatic heterocycles. The quantitative estimate of drug-likeness (QED) is 0.648. The number of aromatic nitrogens is 5. The van der Waals surface area contributed by atoms with Crippen molar-refractivity contribution < 1.29 is 0 Å². The summed E-state index contributed by atoms with van der Waals surface area (Å²) in [6.07, 6.45) is 4.53. The highest BCUT2D eigenvalue weighted by Gasteiger charge is 2.10. The van der Waals surface area contributed by atoms with E-state index in [2.05, 4.69) is 42.5 Å². The van der Waals surface area contributed by atoms with Crippen molar-refractivity contribution in [2.75, 3.05) is 17.2 Å². The molecule has 0 aliphatic carbocycles. The largest absolute Gasteiger partial charge is 0.363 e. The molecule has 0 saturated carbocycles. The van der Waals surface area contributed by atoms with E-state index in [-0.39, 0.29) is 0 Å². The molecule has 21 heavy (non-hydrogen) atoms. The van der Waals surface area contributed by atoms with E-state index in [1.54, 1.807) is 17.7 Å². The molecule has 0 amide bonds. The topological polar surface area (TPSA) is 91.4 Å². The number of hydrogen-bond donors (Lipinski definition) is 3. The van der Waals surface area contributed by atoms with Gasteiger partial charge in [-0.15, -0.1) is 11.3 Å². The molecule has 0 radical (unpaired) electrons. The molecule has 0 aliphatic rings. The van der Waals surface area contributed by atoms with E-state index >= 15 is 0 Å². The molecular formula is C13H17N7S. The van der Waals surface area contributed by atoms with Crippen molar-refractivity contribution in [3.63, 3.8) is 0 Å². The first-order valence-electron chi connectivity index (χ1n) is 6.86. The van der Waals surface area contributed by atoms with Crippen LogP contribution in [0.1, 0.15) is 23.2 Å². The summed E-state index contributed by atoms with van der Waals surface area (Å²) in [4.78, 5) is 21.6. The first-order chi connectivity index (χ1) is 10.3. The van der Waals surface area contributed by atoms with Gasteiger partial charge in [0.25, 0.3) is 0 Å². The van der Waals surface area contributed by atoms with Crippen LogP contribution < -0.4 is 10.6 Å². The number of H-pyrrole nitrogens is 1. The molecule has 8 heteroatoms. The normalized spacial score (nSPS) is 11.0. The molecule has 110 valence electrons. The van der Waals surface area contributed by atoms with E-state index in [0.717, 1.165) is 29.3 Å². The maximum atomic E-state index is 4.51. The van der Waals surface area contributed by atoms with Crippen LogP contribution in [0.3, 0.4) is 0 Å². The Kier molecular flexibility index (Phi) is 3.96. The fourth-order valence-electron chi connectivity index (χ4n) is 1.93. The Morgan fingerprint density at radius 2 is 2.14 bits per heavy atom. The average Bonchev–Trinajstić information content (AvgIpc) is 3.11.